The van der Waals surface area contributed by atoms with Crippen molar-refractivity contribution in [2.75, 3.05) is 18.1 Å². The van der Waals surface area contributed by atoms with Gasteiger partial charge in [-0.3, -0.25) is 4.79 Å². The summed E-state index contributed by atoms with van der Waals surface area (Å²) >= 11 is 0. The first-order valence-corrected chi connectivity index (χ1v) is 9.45. The number of hydrogen-bond acceptors (Lipinski definition) is 5. The fourth-order valence-corrected chi connectivity index (χ4v) is 4.32. The van der Waals surface area contributed by atoms with Crippen LogP contribution in [0.1, 0.15) is 15.9 Å². The molecule has 132 valence electrons. The molecule has 3 rings (SSSR count). The highest BCUT2D eigenvalue weighted by atomic mass is 32.2. The number of carboxylic acids is 1. The first kappa shape index (κ1) is 17.2. The molecule has 0 spiro atoms. The quantitative estimate of drug-likeness (QED) is 0.851. The highest BCUT2D eigenvalue weighted by Gasteiger charge is 2.38. The van der Waals surface area contributed by atoms with Crippen LogP contribution >= 0.6 is 0 Å². The zero-order valence-corrected chi connectivity index (χ0v) is 14.3. The summed E-state index contributed by atoms with van der Waals surface area (Å²) in [5.74, 6) is -2.59. The molecule has 1 amide bonds. The molecule has 25 heavy (non-hydrogen) atoms. The molecule has 8 nitrogen and oxygen atoms in total. The molecule has 1 aliphatic heterocycles. The van der Waals surface area contributed by atoms with Gasteiger partial charge < -0.3 is 10.0 Å². The van der Waals surface area contributed by atoms with Crippen molar-refractivity contribution in [3.05, 3.63) is 47.8 Å². The van der Waals surface area contributed by atoms with Gasteiger partial charge in [-0.05, 0) is 36.8 Å². The molecule has 9 heteroatoms. The number of sulfone groups is 1. The maximum atomic E-state index is 12.7. The van der Waals surface area contributed by atoms with Crippen molar-refractivity contribution >= 4 is 21.7 Å². The van der Waals surface area contributed by atoms with Crippen molar-refractivity contribution in [3.63, 3.8) is 0 Å². The highest BCUT2D eigenvalue weighted by Crippen LogP contribution is 2.20. The standard InChI is InChI=1S/C16H17N3O5S/c1-11-9-12(3-4-13(11)19-6-2-5-17-19)15(20)18-7-8-25(23,24)10-14(18)16(21)22/h2-6,9,14H,7-8,10H2,1H3,(H,21,22). The van der Waals surface area contributed by atoms with Gasteiger partial charge in [0.05, 0.1) is 17.2 Å². The van der Waals surface area contributed by atoms with E-state index < -0.39 is 33.5 Å². The Morgan fingerprint density at radius 2 is 2.08 bits per heavy atom. The second-order valence-electron chi connectivity index (χ2n) is 5.92. The van der Waals surface area contributed by atoms with Crippen LogP contribution in [-0.4, -0.2) is 64.2 Å². The van der Waals surface area contributed by atoms with Crippen LogP contribution in [0.2, 0.25) is 0 Å². The molecule has 1 unspecified atom stereocenters. The summed E-state index contributed by atoms with van der Waals surface area (Å²) in [6, 6.07) is 5.39. The number of aryl methyl sites for hydroxylation is 1. The summed E-state index contributed by atoms with van der Waals surface area (Å²) in [6.07, 6.45) is 3.42. The molecule has 0 aliphatic carbocycles. The van der Waals surface area contributed by atoms with Crippen molar-refractivity contribution < 1.29 is 23.1 Å². The van der Waals surface area contributed by atoms with E-state index in [9.17, 15) is 23.1 Å². The Bertz CT molecular complexity index is 921. The summed E-state index contributed by atoms with van der Waals surface area (Å²) in [5.41, 5.74) is 1.92. The van der Waals surface area contributed by atoms with E-state index in [1.807, 2.05) is 6.92 Å². The molecule has 0 bridgehead atoms. The summed E-state index contributed by atoms with van der Waals surface area (Å²) in [6.45, 7) is 1.70. The molecule has 1 fully saturated rings. The lowest BCUT2D eigenvalue weighted by Gasteiger charge is -2.32. The van der Waals surface area contributed by atoms with Gasteiger partial charge in [-0.15, -0.1) is 0 Å². The number of benzene rings is 1. The van der Waals surface area contributed by atoms with Crippen LogP contribution in [0.4, 0.5) is 0 Å². The van der Waals surface area contributed by atoms with Crippen LogP contribution in [0, 0.1) is 6.92 Å². The summed E-state index contributed by atoms with van der Waals surface area (Å²) < 4.78 is 25.0. The summed E-state index contributed by atoms with van der Waals surface area (Å²) in [7, 11) is -3.46. The molecule has 1 N–H and O–H groups in total. The minimum Gasteiger partial charge on any atom is -0.480 e. The largest absolute Gasteiger partial charge is 0.480 e. The van der Waals surface area contributed by atoms with Crippen molar-refractivity contribution in [2.24, 2.45) is 0 Å². The van der Waals surface area contributed by atoms with Gasteiger partial charge >= 0.3 is 5.97 Å². The second-order valence-corrected chi connectivity index (χ2v) is 8.15. The molecule has 1 aromatic heterocycles. The molecular weight excluding hydrogens is 346 g/mol. The Morgan fingerprint density at radius 3 is 2.68 bits per heavy atom. The van der Waals surface area contributed by atoms with E-state index in [0.717, 1.165) is 16.2 Å². The molecule has 2 aromatic rings. The minimum atomic E-state index is -3.46. The van der Waals surface area contributed by atoms with Crippen molar-refractivity contribution in [2.45, 2.75) is 13.0 Å². The molecule has 1 aliphatic rings. The molecule has 1 atom stereocenters. The third-order valence-corrected chi connectivity index (χ3v) is 5.80. The number of hydrogen-bond donors (Lipinski definition) is 1. The number of aliphatic carboxylic acids is 1. The number of aromatic nitrogens is 2. The van der Waals surface area contributed by atoms with Gasteiger partial charge in [-0.2, -0.15) is 5.10 Å². The molecule has 1 saturated heterocycles. The van der Waals surface area contributed by atoms with E-state index in [-0.39, 0.29) is 12.3 Å². The average Bonchev–Trinajstić information content (AvgIpc) is 3.07. The maximum Gasteiger partial charge on any atom is 0.327 e. The lowest BCUT2D eigenvalue weighted by molar-refractivity contribution is -0.141. The van der Waals surface area contributed by atoms with Gasteiger partial charge in [-0.25, -0.2) is 17.9 Å². The molecule has 0 saturated carbocycles. The average molecular weight is 363 g/mol. The van der Waals surface area contributed by atoms with Crippen molar-refractivity contribution in [1.82, 2.24) is 14.7 Å². The zero-order chi connectivity index (χ0) is 18.2. The van der Waals surface area contributed by atoms with Gasteiger partial charge in [0.1, 0.15) is 6.04 Å². The highest BCUT2D eigenvalue weighted by molar-refractivity contribution is 7.91. The first-order chi connectivity index (χ1) is 11.8. The van der Waals surface area contributed by atoms with Crippen LogP contribution in [0.3, 0.4) is 0 Å². The number of rotatable bonds is 3. The number of carboxylic acid groups (broad SMARTS) is 1. The van der Waals surface area contributed by atoms with Gasteiger partial charge in [0.25, 0.3) is 5.91 Å². The predicted octanol–water partition coefficient (Wildman–Crippen LogP) is 0.505. The molecule has 1 aromatic carbocycles. The van der Waals surface area contributed by atoms with E-state index >= 15 is 0 Å². The van der Waals surface area contributed by atoms with Crippen LogP contribution in [0.15, 0.2) is 36.7 Å². The molecular formula is C16H17N3O5S. The van der Waals surface area contributed by atoms with Gasteiger partial charge in [-0.1, -0.05) is 0 Å². The van der Waals surface area contributed by atoms with Gasteiger partial charge in [0, 0.05) is 24.5 Å². The monoisotopic (exact) mass is 363 g/mol. The van der Waals surface area contributed by atoms with Crippen molar-refractivity contribution in [1.29, 1.82) is 0 Å². The number of nitrogens with zero attached hydrogens (tertiary/aromatic N) is 3. The Labute approximate surface area is 144 Å². The van der Waals surface area contributed by atoms with E-state index in [4.69, 9.17) is 0 Å². The lowest BCUT2D eigenvalue weighted by atomic mass is 10.1. The van der Waals surface area contributed by atoms with E-state index in [2.05, 4.69) is 5.10 Å². The van der Waals surface area contributed by atoms with Crippen LogP contribution in [-0.2, 0) is 14.6 Å². The number of amides is 1. The number of carbonyl (C=O) groups is 2. The Hall–Kier alpha value is -2.68. The zero-order valence-electron chi connectivity index (χ0n) is 13.5. The van der Waals surface area contributed by atoms with Gasteiger partial charge in [0.2, 0.25) is 0 Å². The summed E-state index contributed by atoms with van der Waals surface area (Å²) in [5, 5.41) is 13.4. The number of carbonyl (C=O) groups excluding carboxylic acids is 1. The summed E-state index contributed by atoms with van der Waals surface area (Å²) in [4.78, 5) is 25.2. The third-order valence-electron chi connectivity index (χ3n) is 4.17. The Balaban J connectivity index is 1.90. The molecule has 0 radical (unpaired) electrons. The fourth-order valence-electron chi connectivity index (χ4n) is 2.88. The Morgan fingerprint density at radius 1 is 1.32 bits per heavy atom. The maximum absolute atomic E-state index is 12.7. The van der Waals surface area contributed by atoms with E-state index in [1.54, 1.807) is 41.3 Å². The second kappa shape index (κ2) is 6.32. The van der Waals surface area contributed by atoms with Crippen LogP contribution < -0.4 is 0 Å². The van der Waals surface area contributed by atoms with Crippen molar-refractivity contribution in [3.8, 4) is 5.69 Å². The first-order valence-electron chi connectivity index (χ1n) is 7.63. The lowest BCUT2D eigenvalue weighted by Crippen LogP contribution is -2.54. The van der Waals surface area contributed by atoms with Crippen LogP contribution in [0.5, 0.6) is 0 Å². The molecule has 2 heterocycles. The SMILES string of the molecule is Cc1cc(C(=O)N2CCS(=O)(=O)CC2C(=O)O)ccc1-n1cccn1. The fraction of sp³-hybridized carbons (Fsp3) is 0.312. The smallest absolute Gasteiger partial charge is 0.327 e. The normalized spacial score (nSPS) is 19.6. The van der Waals surface area contributed by atoms with E-state index in [0.29, 0.717) is 5.56 Å². The predicted molar refractivity (Wildman–Crippen MR) is 89.4 cm³/mol. The van der Waals surface area contributed by atoms with Crippen LogP contribution in [0.25, 0.3) is 5.69 Å². The van der Waals surface area contributed by atoms with Gasteiger partial charge in [0.15, 0.2) is 9.84 Å². The minimum absolute atomic E-state index is 0.127. The van der Waals surface area contributed by atoms with E-state index in [1.165, 1.54) is 0 Å². The topological polar surface area (TPSA) is 110 Å². The Kier molecular flexibility index (Phi) is 4.34. The third kappa shape index (κ3) is 3.41.